The Morgan fingerprint density at radius 1 is 1.24 bits per heavy atom. The molecule has 3 saturated heterocycles. The van der Waals surface area contributed by atoms with Crippen LogP contribution < -0.4 is 16.4 Å². The molecule has 0 aromatic carbocycles. The number of aromatic nitrogens is 4. The van der Waals surface area contributed by atoms with E-state index in [2.05, 4.69) is 37.4 Å². The number of nitrogen functional groups attached to an aromatic ring is 1. The highest BCUT2D eigenvalue weighted by atomic mass is 16.6. The van der Waals surface area contributed by atoms with E-state index in [0.717, 1.165) is 12.8 Å². The monoisotopic (exact) mass is 570 g/mol. The van der Waals surface area contributed by atoms with Gasteiger partial charge in [0.1, 0.15) is 17.7 Å². The standard InChI is InChI=1S/C26H34N8O7/c1-2-28-24(38)21-19(36)20(37)25(41-21)34-13-30-18-22(27)31-16(32-23(18)34)5-3-4-14-6-8-33(9-7-14)26(39)40-12-15-10-17(35)29-11-15/h13-15,19-21,25,36-37H,2,4,6-12H2,1H3,(H,28,38)(H,29,35)(H2,27,31,32). The average molecular weight is 571 g/mol. The van der Waals surface area contributed by atoms with Crippen LogP contribution in [0.1, 0.15) is 44.7 Å². The summed E-state index contributed by atoms with van der Waals surface area (Å²) in [4.78, 5) is 50.5. The zero-order valence-electron chi connectivity index (χ0n) is 22.7. The van der Waals surface area contributed by atoms with Gasteiger partial charge >= 0.3 is 6.09 Å². The van der Waals surface area contributed by atoms with E-state index in [0.29, 0.717) is 39.0 Å². The Labute approximate surface area is 235 Å². The smallest absolute Gasteiger partial charge is 0.409 e. The van der Waals surface area contributed by atoms with E-state index in [1.54, 1.807) is 11.8 Å². The summed E-state index contributed by atoms with van der Waals surface area (Å²) < 4.78 is 12.5. The number of amides is 3. The number of hydrogen-bond acceptors (Lipinski definition) is 11. The number of aliphatic hydroxyl groups excluding tert-OH is 2. The van der Waals surface area contributed by atoms with Crippen molar-refractivity contribution in [3.8, 4) is 11.8 Å². The summed E-state index contributed by atoms with van der Waals surface area (Å²) in [6, 6.07) is 0. The highest BCUT2D eigenvalue weighted by Crippen LogP contribution is 2.32. The van der Waals surface area contributed by atoms with Crippen LogP contribution in [0.25, 0.3) is 11.2 Å². The predicted molar refractivity (Wildman–Crippen MR) is 143 cm³/mol. The van der Waals surface area contributed by atoms with Crippen LogP contribution in [0.2, 0.25) is 0 Å². The average Bonchev–Trinajstić information content (AvgIpc) is 3.65. The Morgan fingerprint density at radius 3 is 2.73 bits per heavy atom. The lowest BCUT2D eigenvalue weighted by Crippen LogP contribution is -2.42. The number of nitrogens with two attached hydrogens (primary N) is 1. The van der Waals surface area contributed by atoms with Gasteiger partial charge in [-0.15, -0.1) is 0 Å². The zero-order valence-corrected chi connectivity index (χ0v) is 22.7. The molecule has 5 rings (SSSR count). The van der Waals surface area contributed by atoms with Gasteiger partial charge in [0.25, 0.3) is 5.91 Å². The van der Waals surface area contributed by atoms with Crippen LogP contribution in [0, 0.1) is 23.7 Å². The van der Waals surface area contributed by atoms with Crippen LogP contribution in [-0.4, -0.2) is 104 Å². The van der Waals surface area contributed by atoms with Crippen molar-refractivity contribution in [1.82, 2.24) is 35.1 Å². The third-order valence-electron chi connectivity index (χ3n) is 7.54. The van der Waals surface area contributed by atoms with Crippen LogP contribution in [0.4, 0.5) is 10.6 Å². The van der Waals surface area contributed by atoms with Crippen LogP contribution in [-0.2, 0) is 19.1 Å². The number of carbonyl (C=O) groups excluding carboxylic acids is 3. The molecular weight excluding hydrogens is 536 g/mol. The van der Waals surface area contributed by atoms with Crippen LogP contribution in [0.3, 0.4) is 0 Å². The summed E-state index contributed by atoms with van der Waals surface area (Å²) in [6.45, 7) is 3.98. The van der Waals surface area contributed by atoms with Crippen LogP contribution in [0.15, 0.2) is 6.33 Å². The molecule has 3 amide bonds. The third kappa shape index (κ3) is 6.19. The molecule has 2 aromatic heterocycles. The second-order valence-electron chi connectivity index (χ2n) is 10.5. The summed E-state index contributed by atoms with van der Waals surface area (Å²) in [5.74, 6) is 6.05. The number of ether oxygens (including phenoxy) is 2. The zero-order chi connectivity index (χ0) is 29.1. The molecule has 5 unspecified atom stereocenters. The van der Waals surface area contributed by atoms with Gasteiger partial charge in [0, 0.05) is 44.9 Å². The van der Waals surface area contributed by atoms with E-state index >= 15 is 0 Å². The van der Waals surface area contributed by atoms with Gasteiger partial charge in [-0.2, -0.15) is 0 Å². The maximum atomic E-state index is 12.4. The Balaban J connectivity index is 1.18. The second-order valence-corrected chi connectivity index (χ2v) is 10.5. The fourth-order valence-electron chi connectivity index (χ4n) is 5.22. The fraction of sp³-hybridized carbons (Fsp3) is 0.615. The lowest BCUT2D eigenvalue weighted by atomic mass is 9.94. The number of aliphatic hydroxyl groups is 2. The highest BCUT2D eigenvalue weighted by Gasteiger charge is 2.47. The first-order chi connectivity index (χ1) is 19.7. The van der Waals surface area contributed by atoms with E-state index in [4.69, 9.17) is 15.2 Å². The lowest BCUT2D eigenvalue weighted by Gasteiger charge is -2.30. The number of nitrogens with one attached hydrogen (secondary N) is 2. The predicted octanol–water partition coefficient (Wildman–Crippen LogP) is -1.11. The van der Waals surface area contributed by atoms with E-state index in [9.17, 15) is 24.6 Å². The van der Waals surface area contributed by atoms with Crippen LogP contribution >= 0.6 is 0 Å². The molecule has 220 valence electrons. The van der Waals surface area contributed by atoms with Crippen LogP contribution in [0.5, 0.6) is 0 Å². The SMILES string of the molecule is CCNC(=O)C1OC(n2cnc3c(N)nc(C#CCC4CCN(C(=O)OCC5CNC(=O)C5)CC4)nc32)C(O)C1O. The molecule has 5 atom stereocenters. The molecule has 0 aliphatic carbocycles. The quantitative estimate of drug-likeness (QED) is 0.263. The van der Waals surface area contributed by atoms with E-state index in [1.807, 2.05) is 0 Å². The minimum atomic E-state index is -1.44. The number of likely N-dealkylation sites (tertiary alicyclic amines) is 1. The minimum Gasteiger partial charge on any atom is -0.449 e. The number of fused-ring (bicyclic) bond motifs is 1. The second kappa shape index (κ2) is 12.2. The Morgan fingerprint density at radius 2 is 2.02 bits per heavy atom. The molecule has 3 aliphatic heterocycles. The number of rotatable bonds is 6. The summed E-state index contributed by atoms with van der Waals surface area (Å²) in [5.41, 5.74) is 6.62. The summed E-state index contributed by atoms with van der Waals surface area (Å²) >= 11 is 0. The molecule has 2 aromatic rings. The van der Waals surface area contributed by atoms with Gasteiger partial charge in [-0.1, -0.05) is 5.92 Å². The van der Waals surface area contributed by atoms with Crippen molar-refractivity contribution < 1.29 is 34.1 Å². The van der Waals surface area contributed by atoms with Crippen molar-refractivity contribution in [2.24, 2.45) is 11.8 Å². The molecule has 15 nitrogen and oxygen atoms in total. The van der Waals surface area contributed by atoms with Gasteiger partial charge in [0.2, 0.25) is 11.7 Å². The summed E-state index contributed by atoms with van der Waals surface area (Å²) in [5, 5.41) is 26.3. The first kappa shape index (κ1) is 28.5. The minimum absolute atomic E-state index is 0.0144. The molecule has 41 heavy (non-hydrogen) atoms. The topological polar surface area (TPSA) is 207 Å². The molecule has 0 bridgehead atoms. The Bertz CT molecular complexity index is 1360. The highest BCUT2D eigenvalue weighted by molar-refractivity contribution is 5.83. The first-order valence-electron chi connectivity index (χ1n) is 13.7. The van der Waals surface area contributed by atoms with Gasteiger partial charge in [0.15, 0.2) is 23.8 Å². The van der Waals surface area contributed by atoms with Gasteiger partial charge in [0.05, 0.1) is 12.9 Å². The molecule has 0 saturated carbocycles. The number of hydrogen-bond donors (Lipinski definition) is 5. The van der Waals surface area contributed by atoms with Gasteiger partial charge in [-0.3, -0.25) is 14.2 Å². The van der Waals surface area contributed by atoms with Crippen molar-refractivity contribution in [1.29, 1.82) is 0 Å². The van der Waals surface area contributed by atoms with Crippen molar-refractivity contribution in [2.45, 2.75) is 57.1 Å². The lowest BCUT2D eigenvalue weighted by molar-refractivity contribution is -0.137. The van der Waals surface area contributed by atoms with Gasteiger partial charge in [-0.05, 0) is 31.6 Å². The Hall–Kier alpha value is -4.00. The number of anilines is 1. The van der Waals surface area contributed by atoms with E-state index in [-0.39, 0.29) is 53.2 Å². The number of piperidine rings is 1. The molecule has 3 fully saturated rings. The van der Waals surface area contributed by atoms with E-state index in [1.165, 1.54) is 10.9 Å². The van der Waals surface area contributed by atoms with Crippen molar-refractivity contribution >= 4 is 34.9 Å². The number of carbonyl (C=O) groups is 3. The molecule has 5 heterocycles. The number of imidazole rings is 1. The largest absolute Gasteiger partial charge is 0.449 e. The molecule has 6 N–H and O–H groups in total. The maximum Gasteiger partial charge on any atom is 0.409 e. The first-order valence-corrected chi connectivity index (χ1v) is 13.7. The molecule has 3 aliphatic rings. The van der Waals surface area contributed by atoms with Gasteiger partial charge < -0.3 is 41.0 Å². The van der Waals surface area contributed by atoms with Gasteiger partial charge in [-0.25, -0.2) is 19.7 Å². The molecule has 15 heteroatoms. The number of nitrogens with zero attached hydrogens (tertiary/aromatic N) is 5. The summed E-state index contributed by atoms with van der Waals surface area (Å²) in [6.07, 6.45) is -1.71. The molecule has 0 spiro atoms. The maximum absolute atomic E-state index is 12.4. The normalized spacial score (nSPS) is 26.5. The molecular formula is C26H34N8O7. The number of likely N-dealkylation sites (N-methyl/N-ethyl adjacent to an activating group) is 1. The Kier molecular flexibility index (Phi) is 8.52. The van der Waals surface area contributed by atoms with Crippen molar-refractivity contribution in [3.05, 3.63) is 12.2 Å². The van der Waals surface area contributed by atoms with E-state index < -0.39 is 30.4 Å². The summed E-state index contributed by atoms with van der Waals surface area (Å²) in [7, 11) is 0. The fourth-order valence-corrected chi connectivity index (χ4v) is 5.22. The van der Waals surface area contributed by atoms with Crippen molar-refractivity contribution in [3.63, 3.8) is 0 Å². The third-order valence-corrected chi connectivity index (χ3v) is 7.54. The van der Waals surface area contributed by atoms with Crippen molar-refractivity contribution in [2.75, 3.05) is 38.5 Å². The molecule has 0 radical (unpaired) electrons.